The second-order valence-electron chi connectivity index (χ2n) is 6.75. The van der Waals surface area contributed by atoms with Gasteiger partial charge in [-0.25, -0.2) is 4.68 Å². The monoisotopic (exact) mass is 396 g/mol. The molecule has 0 spiro atoms. The van der Waals surface area contributed by atoms with E-state index in [4.69, 9.17) is 17.3 Å². The third-order valence-corrected chi connectivity index (χ3v) is 5.33. The predicted octanol–water partition coefficient (Wildman–Crippen LogP) is 3.89. The van der Waals surface area contributed by atoms with Gasteiger partial charge in [-0.3, -0.25) is 4.79 Å². The van der Waals surface area contributed by atoms with E-state index < -0.39 is 0 Å². The molecule has 1 aromatic heterocycles. The van der Waals surface area contributed by atoms with Crippen molar-refractivity contribution in [3.05, 3.63) is 46.7 Å². The molecular weight excluding hydrogens is 371 g/mol. The highest BCUT2D eigenvalue weighted by Crippen LogP contribution is 2.26. The number of hydrogen-bond acceptors (Lipinski definition) is 3. The van der Waals surface area contributed by atoms with Crippen molar-refractivity contribution >= 4 is 29.9 Å². The van der Waals surface area contributed by atoms with Crippen LogP contribution in [0.15, 0.2) is 30.5 Å². The highest BCUT2D eigenvalue weighted by Gasteiger charge is 2.25. The highest BCUT2D eigenvalue weighted by atomic mass is 35.5. The molecular formula is C19H26Cl2N4O. The predicted molar refractivity (Wildman–Crippen MR) is 107 cm³/mol. The summed E-state index contributed by atoms with van der Waals surface area (Å²) in [4.78, 5) is 12.7. The summed E-state index contributed by atoms with van der Waals surface area (Å²) in [6.45, 7) is 2.36. The summed E-state index contributed by atoms with van der Waals surface area (Å²) >= 11 is 6.06. The smallest absolute Gasteiger partial charge is 0.255 e. The molecule has 1 heterocycles. The largest absolute Gasteiger partial charge is 0.348 e. The lowest BCUT2D eigenvalue weighted by Crippen LogP contribution is -2.46. The fourth-order valence-electron chi connectivity index (χ4n) is 3.65. The summed E-state index contributed by atoms with van der Waals surface area (Å²) in [6, 6.07) is 7.45. The zero-order chi connectivity index (χ0) is 17.8. The molecule has 0 saturated heterocycles. The number of aromatic nitrogens is 2. The maximum Gasteiger partial charge on any atom is 0.255 e. The van der Waals surface area contributed by atoms with E-state index in [1.165, 1.54) is 19.3 Å². The highest BCUT2D eigenvalue weighted by molar-refractivity contribution is 6.30. The Morgan fingerprint density at radius 3 is 2.77 bits per heavy atom. The molecule has 1 unspecified atom stereocenters. The maximum absolute atomic E-state index is 12.7. The van der Waals surface area contributed by atoms with Gasteiger partial charge in [0.25, 0.3) is 5.91 Å². The van der Waals surface area contributed by atoms with Gasteiger partial charge < -0.3 is 11.1 Å². The number of nitrogens with one attached hydrogen (secondary N) is 1. The number of halogens is 2. The van der Waals surface area contributed by atoms with Crippen molar-refractivity contribution in [2.75, 3.05) is 6.54 Å². The molecule has 3 rings (SSSR count). The Hall–Kier alpha value is -1.56. The van der Waals surface area contributed by atoms with E-state index in [2.05, 4.69) is 10.4 Å². The number of nitrogens with zero attached hydrogens (tertiary/aromatic N) is 2. The van der Waals surface area contributed by atoms with Crippen LogP contribution in [0.25, 0.3) is 5.69 Å². The zero-order valence-electron chi connectivity index (χ0n) is 15.0. The lowest BCUT2D eigenvalue weighted by Gasteiger charge is -2.30. The SMILES string of the molecule is Cc1c(C(=O)NC(CN)C2CCCCC2)cnn1-c1cccc(Cl)c1.Cl. The number of rotatable bonds is 5. The number of carbonyl (C=O) groups excluding carboxylic acids is 1. The van der Waals surface area contributed by atoms with Crippen LogP contribution in [0.3, 0.4) is 0 Å². The first-order chi connectivity index (χ1) is 12.1. The van der Waals surface area contributed by atoms with Crippen LogP contribution in [0, 0.1) is 12.8 Å². The van der Waals surface area contributed by atoms with E-state index in [1.54, 1.807) is 10.9 Å². The average Bonchev–Trinajstić information content (AvgIpc) is 3.02. The van der Waals surface area contributed by atoms with E-state index in [-0.39, 0.29) is 24.4 Å². The van der Waals surface area contributed by atoms with Gasteiger partial charge in [0.1, 0.15) is 0 Å². The van der Waals surface area contributed by atoms with Crippen LogP contribution >= 0.6 is 24.0 Å². The van der Waals surface area contributed by atoms with Crippen molar-refractivity contribution in [1.29, 1.82) is 0 Å². The Kier molecular flexibility index (Phi) is 7.50. The number of benzene rings is 1. The minimum absolute atomic E-state index is 0. The molecule has 1 aliphatic rings. The molecule has 142 valence electrons. The topological polar surface area (TPSA) is 72.9 Å². The molecule has 1 atom stereocenters. The summed E-state index contributed by atoms with van der Waals surface area (Å²) in [5.74, 6) is 0.373. The fourth-order valence-corrected chi connectivity index (χ4v) is 3.84. The molecule has 3 N–H and O–H groups in total. The summed E-state index contributed by atoms with van der Waals surface area (Å²) in [7, 11) is 0. The van der Waals surface area contributed by atoms with E-state index in [0.29, 0.717) is 23.0 Å². The molecule has 1 aliphatic carbocycles. The number of hydrogen-bond donors (Lipinski definition) is 2. The molecule has 7 heteroatoms. The van der Waals surface area contributed by atoms with Crippen molar-refractivity contribution in [3.63, 3.8) is 0 Å². The Labute approximate surface area is 165 Å². The van der Waals surface area contributed by atoms with Gasteiger partial charge >= 0.3 is 0 Å². The molecule has 5 nitrogen and oxygen atoms in total. The van der Waals surface area contributed by atoms with Gasteiger partial charge in [-0.2, -0.15) is 5.10 Å². The lowest BCUT2D eigenvalue weighted by atomic mass is 9.84. The van der Waals surface area contributed by atoms with Gasteiger partial charge in [0.2, 0.25) is 0 Å². The summed E-state index contributed by atoms with van der Waals surface area (Å²) < 4.78 is 1.73. The fraction of sp³-hybridized carbons (Fsp3) is 0.474. The van der Waals surface area contributed by atoms with Gasteiger partial charge in [-0.1, -0.05) is 36.9 Å². The summed E-state index contributed by atoms with van der Waals surface area (Å²) in [6.07, 6.45) is 7.63. The standard InChI is InChI=1S/C19H25ClN4O.ClH/c1-13-17(12-22-24(13)16-9-5-8-15(20)10-16)19(25)23-18(11-21)14-6-3-2-4-7-14;/h5,8-10,12,14,18H,2-4,6-7,11,21H2,1H3,(H,23,25);1H. The Balaban J connectivity index is 0.00000243. The lowest BCUT2D eigenvalue weighted by molar-refractivity contribution is 0.0915. The molecule has 0 aliphatic heterocycles. The Morgan fingerprint density at radius 2 is 2.12 bits per heavy atom. The minimum atomic E-state index is -0.105. The van der Waals surface area contributed by atoms with Crippen molar-refractivity contribution in [3.8, 4) is 5.69 Å². The zero-order valence-corrected chi connectivity index (χ0v) is 16.5. The number of carbonyl (C=O) groups is 1. The third kappa shape index (κ3) is 4.58. The molecule has 1 fully saturated rings. The molecule has 0 bridgehead atoms. The molecule has 1 amide bonds. The summed E-state index contributed by atoms with van der Waals surface area (Å²) in [5, 5.41) is 8.12. The van der Waals surface area contributed by atoms with Crippen molar-refractivity contribution in [2.45, 2.75) is 45.1 Å². The maximum atomic E-state index is 12.7. The van der Waals surface area contributed by atoms with E-state index in [0.717, 1.165) is 24.2 Å². The molecule has 1 aromatic carbocycles. The van der Waals surface area contributed by atoms with Gasteiger partial charge in [0.15, 0.2) is 0 Å². The molecule has 2 aromatic rings. The second-order valence-corrected chi connectivity index (χ2v) is 7.19. The molecule has 26 heavy (non-hydrogen) atoms. The Morgan fingerprint density at radius 1 is 1.38 bits per heavy atom. The first-order valence-electron chi connectivity index (χ1n) is 8.91. The van der Waals surface area contributed by atoms with Crippen LogP contribution in [-0.4, -0.2) is 28.3 Å². The molecule has 1 saturated carbocycles. The number of nitrogens with two attached hydrogens (primary N) is 1. The minimum Gasteiger partial charge on any atom is -0.348 e. The van der Waals surface area contributed by atoms with Crippen LogP contribution in [0.2, 0.25) is 5.02 Å². The van der Waals surface area contributed by atoms with Crippen LogP contribution in [0.5, 0.6) is 0 Å². The van der Waals surface area contributed by atoms with Crippen molar-refractivity contribution in [2.24, 2.45) is 11.7 Å². The van der Waals surface area contributed by atoms with Crippen LogP contribution < -0.4 is 11.1 Å². The normalized spacial score (nSPS) is 16.0. The Bertz CT molecular complexity index is 741. The van der Waals surface area contributed by atoms with Gasteiger partial charge in [0.05, 0.1) is 23.1 Å². The van der Waals surface area contributed by atoms with Gasteiger partial charge in [-0.15, -0.1) is 12.4 Å². The van der Waals surface area contributed by atoms with E-state index in [9.17, 15) is 4.79 Å². The quantitative estimate of drug-likeness (QED) is 0.804. The third-order valence-electron chi connectivity index (χ3n) is 5.10. The number of amides is 1. The van der Waals surface area contributed by atoms with Crippen molar-refractivity contribution in [1.82, 2.24) is 15.1 Å². The van der Waals surface area contributed by atoms with Crippen LogP contribution in [0.1, 0.15) is 48.2 Å². The van der Waals surface area contributed by atoms with Crippen LogP contribution in [-0.2, 0) is 0 Å². The first-order valence-corrected chi connectivity index (χ1v) is 9.29. The van der Waals surface area contributed by atoms with E-state index in [1.807, 2.05) is 31.2 Å². The average molecular weight is 397 g/mol. The summed E-state index contributed by atoms with van der Waals surface area (Å²) in [5.41, 5.74) is 8.14. The van der Waals surface area contributed by atoms with E-state index >= 15 is 0 Å². The first kappa shape index (κ1) is 20.7. The van der Waals surface area contributed by atoms with Crippen molar-refractivity contribution < 1.29 is 4.79 Å². The molecule has 0 radical (unpaired) electrons. The van der Waals surface area contributed by atoms with Gasteiger partial charge in [0, 0.05) is 17.6 Å². The second kappa shape index (κ2) is 9.40. The van der Waals surface area contributed by atoms with Gasteiger partial charge in [-0.05, 0) is 43.9 Å². The van der Waals surface area contributed by atoms with Crippen LogP contribution in [0.4, 0.5) is 0 Å².